The van der Waals surface area contributed by atoms with E-state index in [0.29, 0.717) is 0 Å². The normalized spacial score (nSPS) is 36.4. The molecule has 10 nitrogen and oxygen atoms in total. The molecule has 2 aliphatic heterocycles. The Morgan fingerprint density at radius 2 is 2.26 bits per heavy atom. The van der Waals surface area contributed by atoms with Gasteiger partial charge in [0.05, 0.1) is 19.0 Å². The van der Waals surface area contributed by atoms with Crippen molar-refractivity contribution in [2.45, 2.75) is 51.0 Å². The van der Waals surface area contributed by atoms with E-state index in [1.807, 2.05) is 0 Å². The Bertz CT molecular complexity index is 940. The lowest BCUT2D eigenvalue weighted by Gasteiger charge is -2.34. The summed E-state index contributed by atoms with van der Waals surface area (Å²) >= 11 is 6.02. The van der Waals surface area contributed by atoms with E-state index in [2.05, 4.69) is 15.0 Å². The monoisotopic (exact) mass is 421 g/mol. The number of halogens is 2. The average Bonchev–Trinajstić information content (AvgIpc) is 3.05. The SMILES string of the molecule is CC(C)OP1(=O)OCC2OC(n3cnc4c(Cl)nc(N)nc43)C(C)(F)C2O1. The zero-order valence-corrected chi connectivity index (χ0v) is 16.4. The third-order valence-corrected chi connectivity index (χ3v) is 6.20. The van der Waals surface area contributed by atoms with E-state index < -0.39 is 38.0 Å². The van der Waals surface area contributed by atoms with Crippen LogP contribution in [0.25, 0.3) is 11.2 Å². The molecule has 13 heteroatoms. The number of hydrogen-bond acceptors (Lipinski definition) is 9. The van der Waals surface area contributed by atoms with Gasteiger partial charge in [-0.05, 0) is 20.8 Å². The van der Waals surface area contributed by atoms with E-state index >= 15 is 4.39 Å². The maximum atomic E-state index is 15.7. The molecule has 2 fully saturated rings. The van der Waals surface area contributed by atoms with Crippen LogP contribution in [0.4, 0.5) is 10.3 Å². The van der Waals surface area contributed by atoms with Crippen LogP contribution < -0.4 is 5.73 Å². The van der Waals surface area contributed by atoms with Crippen LogP contribution in [0.5, 0.6) is 0 Å². The van der Waals surface area contributed by atoms with Crippen molar-refractivity contribution in [2.75, 3.05) is 12.3 Å². The van der Waals surface area contributed by atoms with Crippen LogP contribution in [-0.2, 0) is 22.9 Å². The molecule has 0 aliphatic carbocycles. The second-order valence-corrected chi connectivity index (χ2v) is 8.73. The zero-order valence-electron chi connectivity index (χ0n) is 14.7. The molecule has 2 saturated heterocycles. The summed E-state index contributed by atoms with van der Waals surface area (Å²) in [5, 5.41) is 0.0432. The maximum Gasteiger partial charge on any atom is 0.475 e. The summed E-state index contributed by atoms with van der Waals surface area (Å²) in [4.78, 5) is 12.0. The van der Waals surface area contributed by atoms with Crippen molar-refractivity contribution >= 4 is 36.5 Å². The minimum atomic E-state index is -3.90. The number of imidazole rings is 1. The van der Waals surface area contributed by atoms with Gasteiger partial charge in [0.2, 0.25) is 5.95 Å². The Morgan fingerprint density at radius 3 is 2.96 bits per heavy atom. The second kappa shape index (κ2) is 6.33. The van der Waals surface area contributed by atoms with Gasteiger partial charge < -0.3 is 10.5 Å². The first-order valence-corrected chi connectivity index (χ1v) is 10.1. The van der Waals surface area contributed by atoms with Crippen LogP contribution >= 0.6 is 19.4 Å². The van der Waals surface area contributed by atoms with Gasteiger partial charge in [-0.2, -0.15) is 9.97 Å². The number of fused-ring (bicyclic) bond motifs is 2. The van der Waals surface area contributed by atoms with Crippen LogP contribution in [-0.4, -0.2) is 50.1 Å². The lowest BCUT2D eigenvalue weighted by molar-refractivity contribution is -0.0733. The highest BCUT2D eigenvalue weighted by Crippen LogP contribution is 2.60. The molecule has 148 valence electrons. The fourth-order valence-corrected chi connectivity index (χ4v) is 5.08. The summed E-state index contributed by atoms with van der Waals surface area (Å²) in [6, 6.07) is 0. The summed E-state index contributed by atoms with van der Waals surface area (Å²) in [5.41, 5.74) is 4.01. The highest BCUT2D eigenvalue weighted by Gasteiger charge is 2.61. The van der Waals surface area contributed by atoms with Gasteiger partial charge >= 0.3 is 7.82 Å². The van der Waals surface area contributed by atoms with Crippen molar-refractivity contribution in [1.29, 1.82) is 0 Å². The van der Waals surface area contributed by atoms with Gasteiger partial charge in [0, 0.05) is 0 Å². The molecule has 0 bridgehead atoms. The zero-order chi connectivity index (χ0) is 19.6. The Hall–Kier alpha value is -1.36. The smallest absolute Gasteiger partial charge is 0.368 e. The number of rotatable bonds is 3. The standard InChI is InChI=1S/C14H18ClFN5O5P/c1-6(2)25-27(22)23-4-7-9(26-27)14(3,16)12(24-7)21-5-18-8-10(15)19-13(17)20-11(8)21/h5-7,9,12H,4H2,1-3H3,(H2,17,19,20). The van der Waals surface area contributed by atoms with E-state index in [1.165, 1.54) is 17.8 Å². The summed E-state index contributed by atoms with van der Waals surface area (Å²) in [6.45, 7) is 4.49. The third-order valence-electron chi connectivity index (χ3n) is 4.31. The Morgan fingerprint density at radius 1 is 1.52 bits per heavy atom. The summed E-state index contributed by atoms with van der Waals surface area (Å²) in [5.74, 6) is -0.0837. The van der Waals surface area contributed by atoms with Gasteiger partial charge in [0.1, 0.15) is 17.7 Å². The predicted octanol–water partition coefficient (Wildman–Crippen LogP) is 2.64. The molecule has 2 aromatic heterocycles. The largest absolute Gasteiger partial charge is 0.475 e. The van der Waals surface area contributed by atoms with Gasteiger partial charge in [0.15, 0.2) is 22.7 Å². The lowest BCUT2D eigenvalue weighted by Crippen LogP contribution is -2.45. The molecular formula is C14H18ClFN5O5P. The highest BCUT2D eigenvalue weighted by atomic mass is 35.5. The molecule has 27 heavy (non-hydrogen) atoms. The molecule has 2 N–H and O–H groups in total. The summed E-state index contributed by atoms with van der Waals surface area (Å²) in [6.07, 6.45) is -2.24. The predicted molar refractivity (Wildman–Crippen MR) is 92.8 cm³/mol. The fraction of sp³-hybridized carbons (Fsp3) is 0.643. The second-order valence-electron chi connectivity index (χ2n) is 6.80. The van der Waals surface area contributed by atoms with Crippen molar-refractivity contribution in [3.05, 3.63) is 11.5 Å². The Kier molecular flexibility index (Phi) is 4.45. The van der Waals surface area contributed by atoms with E-state index in [0.717, 1.165) is 0 Å². The van der Waals surface area contributed by atoms with Crippen molar-refractivity contribution in [3.8, 4) is 0 Å². The van der Waals surface area contributed by atoms with Crippen LogP contribution in [0.1, 0.15) is 27.0 Å². The van der Waals surface area contributed by atoms with Gasteiger partial charge in [-0.3, -0.25) is 18.1 Å². The maximum absolute atomic E-state index is 15.7. The molecule has 2 aromatic rings. The molecular weight excluding hydrogens is 404 g/mol. The van der Waals surface area contributed by atoms with Crippen molar-refractivity contribution in [2.24, 2.45) is 0 Å². The molecule has 5 unspecified atom stereocenters. The van der Waals surface area contributed by atoms with E-state index in [-0.39, 0.29) is 28.9 Å². The summed E-state index contributed by atoms with van der Waals surface area (Å²) < 4.78 is 51.3. The van der Waals surface area contributed by atoms with Gasteiger partial charge in [-0.15, -0.1) is 0 Å². The fourth-order valence-electron chi connectivity index (χ4n) is 3.23. The Balaban J connectivity index is 1.70. The minimum absolute atomic E-state index is 0.0432. The number of nitrogens with zero attached hydrogens (tertiary/aromatic N) is 4. The van der Waals surface area contributed by atoms with Crippen LogP contribution in [0.15, 0.2) is 6.33 Å². The average molecular weight is 422 g/mol. The molecule has 2 aliphatic rings. The third kappa shape index (κ3) is 3.12. The van der Waals surface area contributed by atoms with Crippen molar-refractivity contribution < 1.29 is 27.3 Å². The highest BCUT2D eigenvalue weighted by molar-refractivity contribution is 7.48. The van der Waals surface area contributed by atoms with E-state index in [9.17, 15) is 4.57 Å². The lowest BCUT2D eigenvalue weighted by atomic mass is 9.98. The van der Waals surface area contributed by atoms with Crippen molar-refractivity contribution in [1.82, 2.24) is 19.5 Å². The van der Waals surface area contributed by atoms with Gasteiger partial charge in [-0.1, -0.05) is 11.6 Å². The number of ether oxygens (including phenoxy) is 1. The first-order chi connectivity index (χ1) is 12.6. The number of anilines is 1. The number of nitrogens with two attached hydrogens (primary N) is 1. The first-order valence-electron chi connectivity index (χ1n) is 8.22. The molecule has 0 saturated carbocycles. The number of alkyl halides is 1. The molecule has 4 heterocycles. The Labute approximate surface area is 158 Å². The summed E-state index contributed by atoms with van der Waals surface area (Å²) in [7, 11) is -3.90. The molecule has 0 spiro atoms. The number of phosphoric acid groups is 1. The molecule has 4 rings (SSSR count). The van der Waals surface area contributed by atoms with Crippen LogP contribution in [0.2, 0.25) is 5.15 Å². The van der Waals surface area contributed by atoms with Crippen LogP contribution in [0, 0.1) is 0 Å². The number of phosphoric ester groups is 1. The van der Waals surface area contributed by atoms with E-state index in [4.69, 9.17) is 35.6 Å². The molecule has 0 aromatic carbocycles. The van der Waals surface area contributed by atoms with Crippen molar-refractivity contribution in [3.63, 3.8) is 0 Å². The number of aromatic nitrogens is 4. The molecule has 0 amide bonds. The molecule has 5 atom stereocenters. The van der Waals surface area contributed by atoms with Crippen LogP contribution in [0.3, 0.4) is 0 Å². The topological polar surface area (TPSA) is 124 Å². The number of nitrogen functional groups attached to an aromatic ring is 1. The first kappa shape index (κ1) is 19.0. The van der Waals surface area contributed by atoms with E-state index in [1.54, 1.807) is 13.8 Å². The molecule has 0 radical (unpaired) electrons. The quantitative estimate of drug-likeness (QED) is 0.588. The minimum Gasteiger partial charge on any atom is -0.368 e. The van der Waals surface area contributed by atoms with Gasteiger partial charge in [-0.25, -0.2) is 13.9 Å². The van der Waals surface area contributed by atoms with Gasteiger partial charge in [0.25, 0.3) is 0 Å². The number of hydrogen-bond donors (Lipinski definition) is 1.